The van der Waals surface area contributed by atoms with Crippen molar-refractivity contribution in [1.29, 1.82) is 0 Å². The van der Waals surface area contributed by atoms with Crippen LogP contribution < -0.4 is 5.32 Å². The lowest BCUT2D eigenvalue weighted by Gasteiger charge is -2.07. The summed E-state index contributed by atoms with van der Waals surface area (Å²) in [4.78, 5) is 1.09. The highest BCUT2D eigenvalue weighted by Gasteiger charge is 2.05. The van der Waals surface area contributed by atoms with E-state index >= 15 is 0 Å². The van der Waals surface area contributed by atoms with E-state index in [2.05, 4.69) is 24.4 Å². The Morgan fingerprint density at radius 1 is 1.10 bits per heavy atom. The Hall–Kier alpha value is -1.39. The minimum Gasteiger partial charge on any atom is -0.313 e. The SMILES string of the molecule is CCCNCc1cccc(SCc2ccc(F)cc2F)c1. The summed E-state index contributed by atoms with van der Waals surface area (Å²) in [5.74, 6) is -0.522. The van der Waals surface area contributed by atoms with Crippen molar-refractivity contribution in [1.82, 2.24) is 5.32 Å². The minimum absolute atomic E-state index is 0.483. The van der Waals surface area contributed by atoms with Crippen LogP contribution in [0.1, 0.15) is 24.5 Å². The topological polar surface area (TPSA) is 12.0 Å². The van der Waals surface area contributed by atoms with Gasteiger partial charge in [0.05, 0.1) is 0 Å². The normalized spacial score (nSPS) is 10.8. The van der Waals surface area contributed by atoms with Gasteiger partial charge in [-0.15, -0.1) is 11.8 Å². The number of rotatable bonds is 7. The number of nitrogens with one attached hydrogen (secondary N) is 1. The third kappa shape index (κ3) is 5.14. The fourth-order valence-corrected chi connectivity index (χ4v) is 2.92. The van der Waals surface area contributed by atoms with E-state index in [0.29, 0.717) is 11.3 Å². The van der Waals surface area contributed by atoms with Crippen LogP contribution in [0.25, 0.3) is 0 Å². The lowest BCUT2D eigenvalue weighted by molar-refractivity contribution is 0.576. The lowest BCUT2D eigenvalue weighted by Crippen LogP contribution is -2.13. The second-order valence-electron chi connectivity index (χ2n) is 4.85. The summed E-state index contributed by atoms with van der Waals surface area (Å²) in [6.07, 6.45) is 1.11. The standard InChI is InChI=1S/C17H19F2NS/c1-2-8-20-11-13-4-3-5-16(9-13)21-12-14-6-7-15(18)10-17(14)19/h3-7,9-10,20H,2,8,11-12H2,1H3. The highest BCUT2D eigenvalue weighted by atomic mass is 32.2. The van der Waals surface area contributed by atoms with E-state index in [9.17, 15) is 8.78 Å². The van der Waals surface area contributed by atoms with E-state index in [1.54, 1.807) is 11.8 Å². The van der Waals surface area contributed by atoms with Gasteiger partial charge in [-0.05, 0) is 42.3 Å². The van der Waals surface area contributed by atoms with Gasteiger partial charge >= 0.3 is 0 Å². The van der Waals surface area contributed by atoms with Gasteiger partial charge in [-0.1, -0.05) is 25.1 Å². The zero-order chi connectivity index (χ0) is 15.1. The molecule has 0 amide bonds. The van der Waals surface area contributed by atoms with Crippen LogP contribution in [0.5, 0.6) is 0 Å². The molecule has 2 aromatic rings. The summed E-state index contributed by atoms with van der Waals surface area (Å²) < 4.78 is 26.4. The molecule has 0 spiro atoms. The molecule has 2 rings (SSSR count). The summed E-state index contributed by atoms with van der Waals surface area (Å²) in [6.45, 7) is 3.97. The molecule has 1 N–H and O–H groups in total. The summed E-state index contributed by atoms with van der Waals surface area (Å²) in [7, 11) is 0. The maximum Gasteiger partial charge on any atom is 0.130 e. The molecule has 0 aliphatic rings. The monoisotopic (exact) mass is 307 g/mol. The number of thioether (sulfide) groups is 1. The molecule has 1 nitrogen and oxygen atoms in total. The van der Waals surface area contributed by atoms with Crippen LogP contribution in [0.2, 0.25) is 0 Å². The van der Waals surface area contributed by atoms with Gasteiger partial charge < -0.3 is 5.32 Å². The summed E-state index contributed by atoms with van der Waals surface area (Å²) in [5.41, 5.74) is 1.74. The molecular formula is C17H19F2NS. The minimum atomic E-state index is -0.537. The first-order valence-corrected chi connectivity index (χ1v) is 8.04. The number of benzene rings is 2. The van der Waals surface area contributed by atoms with E-state index in [0.717, 1.165) is 30.5 Å². The van der Waals surface area contributed by atoms with Gasteiger partial charge in [0.2, 0.25) is 0 Å². The molecule has 0 fully saturated rings. The van der Waals surface area contributed by atoms with Gasteiger partial charge in [-0.3, -0.25) is 0 Å². The maximum atomic E-state index is 13.6. The van der Waals surface area contributed by atoms with Crippen molar-refractivity contribution in [2.45, 2.75) is 30.5 Å². The van der Waals surface area contributed by atoms with Crippen molar-refractivity contribution in [3.63, 3.8) is 0 Å². The van der Waals surface area contributed by atoms with Crippen molar-refractivity contribution in [2.75, 3.05) is 6.54 Å². The van der Waals surface area contributed by atoms with Gasteiger partial charge in [0.15, 0.2) is 0 Å². The van der Waals surface area contributed by atoms with E-state index in [1.807, 2.05) is 12.1 Å². The first kappa shape index (κ1) is 16.0. The summed E-state index contributed by atoms with van der Waals surface area (Å²) in [5, 5.41) is 3.36. The van der Waals surface area contributed by atoms with Gasteiger partial charge in [0.1, 0.15) is 11.6 Å². The Morgan fingerprint density at radius 3 is 2.71 bits per heavy atom. The Morgan fingerprint density at radius 2 is 1.95 bits per heavy atom. The van der Waals surface area contributed by atoms with Crippen molar-refractivity contribution in [3.8, 4) is 0 Å². The molecule has 0 unspecified atom stereocenters. The molecular weight excluding hydrogens is 288 g/mol. The van der Waals surface area contributed by atoms with Crippen molar-refractivity contribution in [3.05, 3.63) is 65.2 Å². The van der Waals surface area contributed by atoms with Crippen LogP contribution in [0.3, 0.4) is 0 Å². The Bertz CT molecular complexity index is 587. The van der Waals surface area contributed by atoms with Crippen LogP contribution in [0, 0.1) is 11.6 Å². The second kappa shape index (κ2) is 8.15. The average Bonchev–Trinajstić information content (AvgIpc) is 2.47. The fraction of sp³-hybridized carbons (Fsp3) is 0.294. The van der Waals surface area contributed by atoms with E-state index in [-0.39, 0.29) is 0 Å². The zero-order valence-electron chi connectivity index (χ0n) is 12.0. The van der Waals surface area contributed by atoms with Gasteiger partial charge in [0.25, 0.3) is 0 Å². The lowest BCUT2D eigenvalue weighted by atomic mass is 10.2. The molecule has 0 aromatic heterocycles. The molecule has 0 heterocycles. The maximum absolute atomic E-state index is 13.6. The zero-order valence-corrected chi connectivity index (χ0v) is 12.9. The van der Waals surface area contributed by atoms with E-state index < -0.39 is 11.6 Å². The van der Waals surface area contributed by atoms with Crippen molar-refractivity contribution in [2.24, 2.45) is 0 Å². The van der Waals surface area contributed by atoms with Gasteiger partial charge in [0, 0.05) is 23.3 Å². The molecule has 0 aliphatic carbocycles. The third-order valence-corrected chi connectivity index (χ3v) is 4.11. The van der Waals surface area contributed by atoms with Crippen LogP contribution in [0.15, 0.2) is 47.4 Å². The van der Waals surface area contributed by atoms with Crippen LogP contribution in [-0.2, 0) is 12.3 Å². The number of hydrogen-bond acceptors (Lipinski definition) is 2. The first-order valence-electron chi connectivity index (χ1n) is 7.05. The largest absolute Gasteiger partial charge is 0.313 e. The molecule has 0 saturated heterocycles. The van der Waals surface area contributed by atoms with Crippen LogP contribution in [0.4, 0.5) is 8.78 Å². The second-order valence-corrected chi connectivity index (χ2v) is 5.90. The van der Waals surface area contributed by atoms with Crippen molar-refractivity contribution >= 4 is 11.8 Å². The fourth-order valence-electron chi connectivity index (χ4n) is 1.95. The van der Waals surface area contributed by atoms with Crippen molar-refractivity contribution < 1.29 is 8.78 Å². The molecule has 0 bridgehead atoms. The van der Waals surface area contributed by atoms with Crippen LogP contribution >= 0.6 is 11.8 Å². The highest BCUT2D eigenvalue weighted by Crippen LogP contribution is 2.25. The van der Waals surface area contributed by atoms with Gasteiger partial charge in [-0.25, -0.2) is 8.78 Å². The average molecular weight is 307 g/mol. The molecule has 0 saturated carbocycles. The van der Waals surface area contributed by atoms with E-state index in [1.165, 1.54) is 17.7 Å². The van der Waals surface area contributed by atoms with E-state index in [4.69, 9.17) is 0 Å². The molecule has 0 aliphatic heterocycles. The number of halogens is 2. The molecule has 4 heteroatoms. The molecule has 21 heavy (non-hydrogen) atoms. The predicted octanol–water partition coefficient (Wildman–Crippen LogP) is 4.76. The van der Waals surface area contributed by atoms with Crippen LogP contribution in [-0.4, -0.2) is 6.54 Å². The highest BCUT2D eigenvalue weighted by molar-refractivity contribution is 7.98. The smallest absolute Gasteiger partial charge is 0.130 e. The molecule has 0 atom stereocenters. The summed E-state index contributed by atoms with van der Waals surface area (Å²) >= 11 is 1.56. The Labute approximate surface area is 128 Å². The molecule has 2 aromatic carbocycles. The molecule has 0 radical (unpaired) electrons. The predicted molar refractivity (Wildman–Crippen MR) is 84.4 cm³/mol. The first-order chi connectivity index (χ1) is 10.2. The number of hydrogen-bond donors (Lipinski definition) is 1. The van der Waals surface area contributed by atoms with Gasteiger partial charge in [-0.2, -0.15) is 0 Å². The third-order valence-electron chi connectivity index (χ3n) is 3.06. The summed E-state index contributed by atoms with van der Waals surface area (Å²) in [6, 6.07) is 11.9. The molecule has 112 valence electrons. The quantitative estimate of drug-likeness (QED) is 0.585. The Kier molecular flexibility index (Phi) is 6.21. The Balaban J connectivity index is 1.95.